The molecule has 3 aromatic rings. The normalized spacial score (nSPS) is 14.5. The second-order valence-corrected chi connectivity index (χ2v) is 8.35. The van der Waals surface area contributed by atoms with Gasteiger partial charge in [0.15, 0.2) is 0 Å². The molecule has 3 N–H and O–H groups in total. The van der Waals surface area contributed by atoms with Crippen molar-refractivity contribution in [1.82, 2.24) is 9.97 Å². The van der Waals surface area contributed by atoms with Gasteiger partial charge in [0.25, 0.3) is 0 Å². The molecular weight excluding hydrogens is 387 g/mol. The molecule has 5 nitrogen and oxygen atoms in total. The summed E-state index contributed by atoms with van der Waals surface area (Å²) in [5.41, 5.74) is 8.75. The van der Waals surface area contributed by atoms with Crippen LogP contribution in [-0.4, -0.2) is 28.1 Å². The maximum absolute atomic E-state index is 13.8. The number of hydrogen-bond donors (Lipinski definition) is 2. The van der Waals surface area contributed by atoms with Crippen LogP contribution in [0.5, 0.6) is 5.75 Å². The zero-order valence-corrected chi connectivity index (χ0v) is 18.1. The van der Waals surface area contributed by atoms with Gasteiger partial charge in [-0.15, -0.1) is 0 Å². The minimum atomic E-state index is -0.329. The van der Waals surface area contributed by atoms with E-state index >= 15 is 0 Å². The van der Waals surface area contributed by atoms with Crippen molar-refractivity contribution >= 4 is 39.9 Å². The van der Waals surface area contributed by atoms with Gasteiger partial charge >= 0.3 is 0 Å². The minimum absolute atomic E-state index is 0.234. The fraction of sp³-hybridized carbons (Fsp3) is 0.364. The van der Waals surface area contributed by atoms with Crippen molar-refractivity contribution in [2.24, 2.45) is 0 Å². The zero-order chi connectivity index (χ0) is 21.0. The topological polar surface area (TPSA) is 73.1 Å². The number of ether oxygens (including phenoxy) is 1. The monoisotopic (exact) mass is 414 g/mol. The van der Waals surface area contributed by atoms with Crippen molar-refractivity contribution in [3.63, 3.8) is 0 Å². The zero-order valence-electron chi connectivity index (χ0n) is 17.3. The first kappa shape index (κ1) is 21.2. The number of aromatic nitrogens is 2. The molecule has 0 unspecified atom stereocenters. The number of nitrogens with one attached hydrogen (secondary N) is 1. The lowest BCUT2D eigenvalue weighted by Gasteiger charge is -2.39. The van der Waals surface area contributed by atoms with Crippen molar-refractivity contribution in [3.8, 4) is 5.75 Å². The lowest BCUT2D eigenvalue weighted by atomic mass is 9.82. The highest BCUT2D eigenvalue weighted by molar-refractivity contribution is 7.97. The highest BCUT2D eigenvalue weighted by Crippen LogP contribution is 2.40. The summed E-state index contributed by atoms with van der Waals surface area (Å²) in [6.45, 7) is 4.02. The number of nitrogens with zero attached hydrogens (tertiary/aromatic N) is 2. The van der Waals surface area contributed by atoms with Crippen LogP contribution in [0.2, 0.25) is 0 Å². The number of anilines is 3. The van der Waals surface area contributed by atoms with E-state index in [4.69, 9.17) is 10.5 Å². The van der Waals surface area contributed by atoms with Gasteiger partial charge in [-0.3, -0.25) is 0 Å². The summed E-state index contributed by atoms with van der Waals surface area (Å²) in [6, 6.07) is 8.20. The molecule has 1 aromatic heterocycles. The molecule has 1 fully saturated rings. The second-order valence-electron chi connectivity index (χ2n) is 7.53. The van der Waals surface area contributed by atoms with Crippen LogP contribution in [0.3, 0.4) is 0 Å². The standard InChI is InChI=1S/C20H21FN4O.C2H6S/c1-12-8-14(22)10-16-18(12)19(24-11-23-16)25-15-5-4-13(21)9-17(15)26-20(2)6-3-7-20;1-3-2/h4-5,8-11H,3,6-7,22H2,1-2H3,(H,23,24,25);1-2H3. The largest absolute Gasteiger partial charge is 0.485 e. The Bertz CT molecular complexity index is 1010. The van der Waals surface area contributed by atoms with Crippen LogP contribution in [0.4, 0.5) is 21.6 Å². The Kier molecular flexibility index (Phi) is 6.47. The minimum Gasteiger partial charge on any atom is -0.485 e. The van der Waals surface area contributed by atoms with Crippen LogP contribution < -0.4 is 15.8 Å². The average molecular weight is 415 g/mol. The summed E-state index contributed by atoms with van der Waals surface area (Å²) >= 11 is 1.75. The van der Waals surface area contributed by atoms with Crippen LogP contribution in [0, 0.1) is 12.7 Å². The van der Waals surface area contributed by atoms with Crippen LogP contribution >= 0.6 is 11.8 Å². The summed E-state index contributed by atoms with van der Waals surface area (Å²) in [7, 11) is 0. The van der Waals surface area contributed by atoms with Crippen LogP contribution in [0.1, 0.15) is 31.7 Å². The number of halogens is 1. The Labute approximate surface area is 175 Å². The lowest BCUT2D eigenvalue weighted by molar-refractivity contribution is 0.0117. The van der Waals surface area contributed by atoms with Crippen molar-refractivity contribution in [2.75, 3.05) is 23.6 Å². The van der Waals surface area contributed by atoms with Crippen LogP contribution in [0.25, 0.3) is 10.9 Å². The van der Waals surface area contributed by atoms with Gasteiger partial charge in [-0.2, -0.15) is 11.8 Å². The van der Waals surface area contributed by atoms with E-state index < -0.39 is 0 Å². The Morgan fingerprint density at radius 2 is 1.90 bits per heavy atom. The van der Waals surface area contributed by atoms with E-state index in [1.54, 1.807) is 17.8 Å². The molecule has 1 aliphatic rings. The lowest BCUT2D eigenvalue weighted by Crippen LogP contribution is -2.39. The van der Waals surface area contributed by atoms with Crippen LogP contribution in [0.15, 0.2) is 36.7 Å². The third kappa shape index (κ3) is 4.90. The number of hydrogen-bond acceptors (Lipinski definition) is 6. The highest BCUT2D eigenvalue weighted by atomic mass is 32.2. The van der Waals surface area contributed by atoms with Gasteiger partial charge in [-0.05, 0) is 75.5 Å². The molecule has 0 amide bonds. The number of nitrogens with two attached hydrogens (primary N) is 1. The molecular formula is C22H27FN4OS. The third-order valence-electron chi connectivity index (χ3n) is 4.92. The molecule has 1 aliphatic carbocycles. The Balaban J connectivity index is 0.000000755. The van der Waals surface area contributed by atoms with Gasteiger partial charge in [0.05, 0.1) is 11.2 Å². The first-order valence-corrected chi connectivity index (χ1v) is 11.1. The van der Waals surface area contributed by atoms with E-state index in [0.29, 0.717) is 22.9 Å². The van der Waals surface area contributed by atoms with Gasteiger partial charge < -0.3 is 15.8 Å². The maximum Gasteiger partial charge on any atom is 0.146 e. The van der Waals surface area contributed by atoms with Crippen LogP contribution in [-0.2, 0) is 0 Å². The summed E-state index contributed by atoms with van der Waals surface area (Å²) in [5, 5.41) is 4.17. The molecule has 1 heterocycles. The molecule has 0 bridgehead atoms. The van der Waals surface area contributed by atoms with Gasteiger partial charge in [0, 0.05) is 17.1 Å². The first-order chi connectivity index (χ1) is 13.8. The summed E-state index contributed by atoms with van der Waals surface area (Å²) in [6.07, 6.45) is 8.64. The number of aryl methyl sites for hydroxylation is 1. The Morgan fingerprint density at radius 3 is 2.55 bits per heavy atom. The second kappa shape index (κ2) is 8.86. The molecule has 0 atom stereocenters. The molecule has 0 radical (unpaired) electrons. The van der Waals surface area contributed by atoms with Crippen molar-refractivity contribution < 1.29 is 9.13 Å². The third-order valence-corrected chi connectivity index (χ3v) is 4.92. The Hall–Kier alpha value is -2.54. The van der Waals surface area contributed by atoms with E-state index in [1.807, 2.05) is 31.6 Å². The molecule has 2 aromatic carbocycles. The number of nitrogen functional groups attached to an aromatic ring is 1. The number of rotatable bonds is 4. The number of benzene rings is 2. The molecule has 0 spiro atoms. The number of fused-ring (bicyclic) bond motifs is 1. The van der Waals surface area contributed by atoms with Gasteiger partial charge in [-0.1, -0.05) is 0 Å². The van der Waals surface area contributed by atoms with E-state index in [-0.39, 0.29) is 11.4 Å². The average Bonchev–Trinajstić information content (AvgIpc) is 2.63. The van der Waals surface area contributed by atoms with Gasteiger partial charge in [-0.25, -0.2) is 14.4 Å². The van der Waals surface area contributed by atoms with Crippen molar-refractivity contribution in [2.45, 2.75) is 38.7 Å². The van der Waals surface area contributed by atoms with E-state index in [0.717, 1.165) is 35.7 Å². The molecule has 7 heteroatoms. The maximum atomic E-state index is 13.8. The molecule has 0 saturated heterocycles. The predicted molar refractivity (Wildman–Crippen MR) is 121 cm³/mol. The Morgan fingerprint density at radius 1 is 1.17 bits per heavy atom. The molecule has 4 rings (SSSR count). The quantitative estimate of drug-likeness (QED) is 0.533. The summed E-state index contributed by atoms with van der Waals surface area (Å²) < 4.78 is 19.9. The summed E-state index contributed by atoms with van der Waals surface area (Å²) in [4.78, 5) is 8.68. The van der Waals surface area contributed by atoms with Gasteiger partial charge in [0.1, 0.15) is 29.3 Å². The first-order valence-electron chi connectivity index (χ1n) is 9.52. The predicted octanol–water partition coefficient (Wildman–Crippen LogP) is 5.70. The highest BCUT2D eigenvalue weighted by Gasteiger charge is 2.34. The smallest absolute Gasteiger partial charge is 0.146 e. The fourth-order valence-corrected chi connectivity index (χ4v) is 3.37. The molecule has 0 aliphatic heterocycles. The van der Waals surface area contributed by atoms with E-state index in [2.05, 4.69) is 22.2 Å². The van der Waals surface area contributed by atoms with Crippen molar-refractivity contribution in [1.29, 1.82) is 0 Å². The SMILES string of the molecule is CSC.Cc1cc(N)cc2ncnc(Nc3ccc(F)cc3OC3(C)CCC3)c12. The molecule has 29 heavy (non-hydrogen) atoms. The molecule has 154 valence electrons. The van der Waals surface area contributed by atoms with Crippen molar-refractivity contribution in [3.05, 3.63) is 48.0 Å². The number of thioether (sulfide) groups is 1. The van der Waals surface area contributed by atoms with Gasteiger partial charge in [0.2, 0.25) is 0 Å². The summed E-state index contributed by atoms with van der Waals surface area (Å²) in [5.74, 6) is 0.805. The fourth-order valence-electron chi connectivity index (χ4n) is 3.37. The molecule has 1 saturated carbocycles. The van der Waals surface area contributed by atoms with E-state index in [9.17, 15) is 4.39 Å². The van der Waals surface area contributed by atoms with E-state index in [1.165, 1.54) is 18.5 Å².